The van der Waals surface area contributed by atoms with Crippen molar-refractivity contribution in [2.24, 2.45) is 5.10 Å². The molecule has 0 radical (unpaired) electrons. The standard InChI is InChI=1S/C23H21ClN2O7/c1-4-32-19-10-15(18(24)11-20(19)33-12-21(27)28)9-17-13(2)25-26(22(17)29)16-7-5-14(6-8-16)23(30)31-3/h5-11H,4,12H2,1-3H3,(H,27,28). The second-order valence-electron chi connectivity index (χ2n) is 6.83. The van der Waals surface area contributed by atoms with Gasteiger partial charge in [0.15, 0.2) is 18.1 Å². The van der Waals surface area contributed by atoms with Crippen molar-refractivity contribution in [2.45, 2.75) is 13.8 Å². The Morgan fingerprint density at radius 2 is 1.82 bits per heavy atom. The maximum Gasteiger partial charge on any atom is 0.341 e. The van der Waals surface area contributed by atoms with Crippen LogP contribution in [-0.2, 0) is 14.3 Å². The topological polar surface area (TPSA) is 115 Å². The number of nitrogens with zero attached hydrogens (tertiary/aromatic N) is 2. The third-order valence-electron chi connectivity index (χ3n) is 4.61. The molecule has 0 bridgehead atoms. The Kier molecular flexibility index (Phi) is 7.34. The lowest BCUT2D eigenvalue weighted by molar-refractivity contribution is -0.139. The maximum atomic E-state index is 13.0. The normalized spacial score (nSPS) is 14.3. The molecule has 0 saturated carbocycles. The summed E-state index contributed by atoms with van der Waals surface area (Å²) in [4.78, 5) is 35.5. The molecule has 0 unspecified atom stereocenters. The summed E-state index contributed by atoms with van der Waals surface area (Å²) in [5, 5.41) is 14.6. The lowest BCUT2D eigenvalue weighted by Gasteiger charge is -2.13. The zero-order chi connectivity index (χ0) is 24.1. The number of amides is 1. The minimum absolute atomic E-state index is 0.182. The number of rotatable bonds is 8. The molecule has 1 N–H and O–H groups in total. The lowest BCUT2D eigenvalue weighted by atomic mass is 10.1. The minimum Gasteiger partial charge on any atom is -0.490 e. The Hall–Kier alpha value is -3.85. The number of hydrogen-bond acceptors (Lipinski definition) is 7. The first-order valence-corrected chi connectivity index (χ1v) is 10.2. The fraction of sp³-hybridized carbons (Fsp3) is 0.217. The number of carboxylic acid groups (broad SMARTS) is 1. The lowest BCUT2D eigenvalue weighted by Crippen LogP contribution is -2.21. The number of carbonyl (C=O) groups excluding carboxylic acids is 2. The van der Waals surface area contributed by atoms with Crippen LogP contribution in [0.2, 0.25) is 5.02 Å². The van der Waals surface area contributed by atoms with E-state index in [0.717, 1.165) is 0 Å². The predicted octanol–water partition coefficient (Wildman–Crippen LogP) is 3.79. The molecule has 0 aromatic heterocycles. The van der Waals surface area contributed by atoms with Gasteiger partial charge in [0.1, 0.15) is 0 Å². The van der Waals surface area contributed by atoms with Crippen molar-refractivity contribution >= 4 is 46.9 Å². The highest BCUT2D eigenvalue weighted by molar-refractivity contribution is 6.35. The van der Waals surface area contributed by atoms with Gasteiger partial charge in [-0.15, -0.1) is 0 Å². The summed E-state index contributed by atoms with van der Waals surface area (Å²) in [7, 11) is 1.29. The molecule has 9 nitrogen and oxygen atoms in total. The Bertz CT molecular complexity index is 1160. The first kappa shape index (κ1) is 23.8. The van der Waals surface area contributed by atoms with Crippen LogP contribution < -0.4 is 14.5 Å². The Morgan fingerprint density at radius 1 is 1.15 bits per heavy atom. The third-order valence-corrected chi connectivity index (χ3v) is 4.94. The zero-order valence-electron chi connectivity index (χ0n) is 18.1. The van der Waals surface area contributed by atoms with Gasteiger partial charge in [-0.25, -0.2) is 9.59 Å². The number of esters is 1. The average Bonchev–Trinajstić information content (AvgIpc) is 3.08. The van der Waals surface area contributed by atoms with Gasteiger partial charge in [0.05, 0.1) is 41.3 Å². The van der Waals surface area contributed by atoms with Crippen molar-refractivity contribution in [3.05, 3.63) is 58.1 Å². The van der Waals surface area contributed by atoms with E-state index < -0.39 is 18.5 Å². The predicted molar refractivity (Wildman–Crippen MR) is 122 cm³/mol. The van der Waals surface area contributed by atoms with Crippen LogP contribution in [0.1, 0.15) is 29.8 Å². The molecule has 0 saturated heterocycles. The molecule has 172 valence electrons. The molecular weight excluding hydrogens is 452 g/mol. The average molecular weight is 473 g/mol. The number of halogens is 1. The van der Waals surface area contributed by atoms with Crippen LogP contribution in [0.4, 0.5) is 5.69 Å². The van der Waals surface area contributed by atoms with Crippen LogP contribution in [-0.4, -0.2) is 49.0 Å². The second kappa shape index (κ2) is 10.2. The van der Waals surface area contributed by atoms with E-state index in [4.69, 9.17) is 26.2 Å². The Labute approximate surface area is 194 Å². The van der Waals surface area contributed by atoms with Gasteiger partial charge in [0.2, 0.25) is 0 Å². The number of hydrogen-bond donors (Lipinski definition) is 1. The SMILES string of the molecule is CCOc1cc(C=C2C(=O)N(c3ccc(C(=O)OC)cc3)N=C2C)c(Cl)cc1OCC(=O)O. The highest BCUT2D eigenvalue weighted by Gasteiger charge is 2.29. The minimum atomic E-state index is -1.14. The van der Waals surface area contributed by atoms with E-state index in [9.17, 15) is 14.4 Å². The first-order valence-electron chi connectivity index (χ1n) is 9.86. The molecule has 2 aromatic rings. The van der Waals surface area contributed by atoms with Gasteiger partial charge in [-0.1, -0.05) is 11.6 Å². The quantitative estimate of drug-likeness (QED) is 0.459. The van der Waals surface area contributed by atoms with Crippen molar-refractivity contribution < 1.29 is 33.7 Å². The third kappa shape index (κ3) is 5.32. The van der Waals surface area contributed by atoms with Crippen LogP contribution >= 0.6 is 11.6 Å². The Morgan fingerprint density at radius 3 is 2.42 bits per heavy atom. The number of carbonyl (C=O) groups is 3. The molecule has 0 fully saturated rings. The van der Waals surface area contributed by atoms with Crippen LogP contribution in [0.25, 0.3) is 6.08 Å². The molecule has 2 aromatic carbocycles. The number of anilines is 1. The molecule has 1 aliphatic heterocycles. The van der Waals surface area contributed by atoms with Gasteiger partial charge in [0.25, 0.3) is 5.91 Å². The molecule has 3 rings (SSSR count). The summed E-state index contributed by atoms with van der Waals surface area (Å²) in [5.74, 6) is -1.52. The van der Waals surface area contributed by atoms with Gasteiger partial charge in [0, 0.05) is 6.07 Å². The fourth-order valence-electron chi connectivity index (χ4n) is 3.05. The van der Waals surface area contributed by atoms with E-state index in [-0.39, 0.29) is 16.7 Å². The van der Waals surface area contributed by atoms with Gasteiger partial charge in [-0.05, 0) is 55.8 Å². The van der Waals surface area contributed by atoms with Crippen LogP contribution in [0.3, 0.4) is 0 Å². The number of aliphatic carboxylic acids is 1. The molecule has 1 amide bonds. The summed E-state index contributed by atoms with van der Waals surface area (Å²) in [6.07, 6.45) is 1.58. The molecule has 0 spiro atoms. The van der Waals surface area contributed by atoms with E-state index in [0.29, 0.717) is 40.5 Å². The highest BCUT2D eigenvalue weighted by Crippen LogP contribution is 2.36. The van der Waals surface area contributed by atoms with Crippen molar-refractivity contribution in [1.29, 1.82) is 0 Å². The van der Waals surface area contributed by atoms with E-state index in [2.05, 4.69) is 9.84 Å². The molecule has 1 aliphatic rings. The number of carboxylic acids is 1. The summed E-state index contributed by atoms with van der Waals surface area (Å²) in [6, 6.07) is 9.29. The largest absolute Gasteiger partial charge is 0.490 e. The summed E-state index contributed by atoms with van der Waals surface area (Å²) in [5.41, 5.74) is 2.09. The fourth-order valence-corrected chi connectivity index (χ4v) is 3.26. The van der Waals surface area contributed by atoms with E-state index in [1.54, 1.807) is 50.3 Å². The van der Waals surface area contributed by atoms with Crippen LogP contribution in [0.15, 0.2) is 47.1 Å². The highest BCUT2D eigenvalue weighted by atomic mass is 35.5. The summed E-state index contributed by atoms with van der Waals surface area (Å²) in [6.45, 7) is 3.23. The number of ether oxygens (including phenoxy) is 3. The zero-order valence-corrected chi connectivity index (χ0v) is 18.9. The van der Waals surface area contributed by atoms with Gasteiger partial charge >= 0.3 is 11.9 Å². The van der Waals surface area contributed by atoms with E-state index in [1.807, 2.05) is 0 Å². The van der Waals surface area contributed by atoms with Crippen molar-refractivity contribution in [2.75, 3.05) is 25.3 Å². The molecular formula is C23H21ClN2O7. The monoisotopic (exact) mass is 472 g/mol. The molecule has 0 aliphatic carbocycles. The van der Waals surface area contributed by atoms with Crippen molar-refractivity contribution in [3.63, 3.8) is 0 Å². The first-order chi connectivity index (χ1) is 15.7. The molecule has 10 heteroatoms. The molecule has 33 heavy (non-hydrogen) atoms. The molecule has 0 atom stereocenters. The van der Waals surface area contributed by atoms with Crippen LogP contribution in [0, 0.1) is 0 Å². The van der Waals surface area contributed by atoms with Gasteiger partial charge < -0.3 is 19.3 Å². The van der Waals surface area contributed by atoms with Crippen LogP contribution in [0.5, 0.6) is 11.5 Å². The van der Waals surface area contributed by atoms with Crippen molar-refractivity contribution in [1.82, 2.24) is 0 Å². The number of hydrazone groups is 1. The number of methoxy groups -OCH3 is 1. The second-order valence-corrected chi connectivity index (χ2v) is 7.24. The van der Waals surface area contributed by atoms with E-state index >= 15 is 0 Å². The maximum absolute atomic E-state index is 13.0. The van der Waals surface area contributed by atoms with Gasteiger partial charge in [-0.3, -0.25) is 4.79 Å². The van der Waals surface area contributed by atoms with E-state index in [1.165, 1.54) is 18.2 Å². The smallest absolute Gasteiger partial charge is 0.341 e. The Balaban J connectivity index is 1.91. The summed E-state index contributed by atoms with van der Waals surface area (Å²) >= 11 is 6.37. The molecule has 1 heterocycles. The van der Waals surface area contributed by atoms with Gasteiger partial charge in [-0.2, -0.15) is 10.1 Å². The number of benzene rings is 2. The van der Waals surface area contributed by atoms with Crippen molar-refractivity contribution in [3.8, 4) is 11.5 Å². The summed E-state index contributed by atoms with van der Waals surface area (Å²) < 4.78 is 15.5.